The van der Waals surface area contributed by atoms with Gasteiger partial charge in [-0.15, -0.1) is 0 Å². The van der Waals surface area contributed by atoms with Crippen LogP contribution in [0, 0.1) is 5.92 Å². The minimum absolute atomic E-state index is 0.123. The summed E-state index contributed by atoms with van der Waals surface area (Å²) in [7, 11) is 0. The highest BCUT2D eigenvalue weighted by Crippen LogP contribution is 2.43. The van der Waals surface area contributed by atoms with Gasteiger partial charge in [-0.2, -0.15) is 13.2 Å². The first kappa shape index (κ1) is 14.1. The average Bonchev–Trinajstić information content (AvgIpc) is 2.85. The van der Waals surface area contributed by atoms with E-state index in [9.17, 15) is 13.2 Å². The van der Waals surface area contributed by atoms with Gasteiger partial charge in [-0.1, -0.05) is 28.1 Å². The number of ether oxygens (including phenoxy) is 1. The molecule has 1 aliphatic carbocycles. The molecular weight excluding hydrogens is 333 g/mol. The molecule has 0 spiro atoms. The van der Waals surface area contributed by atoms with Crippen molar-refractivity contribution in [1.29, 1.82) is 0 Å². The Morgan fingerprint density at radius 3 is 2.70 bits per heavy atom. The molecule has 0 unspecified atom stereocenters. The minimum Gasteiger partial charge on any atom is -0.376 e. The Bertz CT molecular complexity index is 551. The van der Waals surface area contributed by atoms with Gasteiger partial charge in [0.15, 0.2) is 0 Å². The van der Waals surface area contributed by atoms with Crippen LogP contribution in [0.4, 0.5) is 13.2 Å². The van der Waals surface area contributed by atoms with Crippen LogP contribution in [-0.4, -0.2) is 13.2 Å². The summed E-state index contributed by atoms with van der Waals surface area (Å²) in [6.45, 7) is 1.35. The lowest BCUT2D eigenvalue weighted by Crippen LogP contribution is -2.18. The molecule has 1 aromatic rings. The van der Waals surface area contributed by atoms with Crippen molar-refractivity contribution in [1.82, 2.24) is 0 Å². The smallest absolute Gasteiger partial charge is 0.376 e. The third kappa shape index (κ3) is 2.53. The lowest BCUT2D eigenvalue weighted by molar-refractivity contribution is -0.138. The molecule has 0 amide bonds. The summed E-state index contributed by atoms with van der Waals surface area (Å²) in [6.07, 6.45) is -0.160. The molecule has 0 radical (unpaired) electrons. The van der Waals surface area contributed by atoms with E-state index in [4.69, 9.17) is 4.74 Å². The molecule has 2 atom stereocenters. The van der Waals surface area contributed by atoms with Crippen molar-refractivity contribution in [3.8, 4) is 0 Å². The van der Waals surface area contributed by atoms with E-state index in [0.29, 0.717) is 19.1 Å². The number of allylic oxidation sites excluding steroid dienone is 1. The predicted molar refractivity (Wildman–Crippen MR) is 73.5 cm³/mol. The van der Waals surface area contributed by atoms with Crippen molar-refractivity contribution in [2.45, 2.75) is 24.9 Å². The van der Waals surface area contributed by atoms with Gasteiger partial charge < -0.3 is 4.74 Å². The Labute approximate surface area is 123 Å². The molecule has 1 nitrogen and oxygen atoms in total. The van der Waals surface area contributed by atoms with Crippen molar-refractivity contribution in [3.63, 3.8) is 0 Å². The number of rotatable bonds is 1. The van der Waals surface area contributed by atoms with Gasteiger partial charge in [0.1, 0.15) is 0 Å². The Hall–Kier alpha value is -0.810. The van der Waals surface area contributed by atoms with Gasteiger partial charge >= 0.3 is 6.18 Å². The van der Waals surface area contributed by atoms with Gasteiger partial charge in [-0.05, 0) is 42.0 Å². The second kappa shape index (κ2) is 5.19. The summed E-state index contributed by atoms with van der Waals surface area (Å²) < 4.78 is 43.9. The van der Waals surface area contributed by atoms with E-state index in [0.717, 1.165) is 18.4 Å². The summed E-state index contributed by atoms with van der Waals surface area (Å²) in [5.74, 6) is 0.587. The number of benzene rings is 1. The molecule has 20 heavy (non-hydrogen) atoms. The van der Waals surface area contributed by atoms with Crippen LogP contribution in [0.15, 0.2) is 34.3 Å². The molecule has 0 N–H and O–H groups in total. The van der Waals surface area contributed by atoms with Crippen LogP contribution in [0.25, 0.3) is 0 Å². The van der Waals surface area contributed by atoms with E-state index < -0.39 is 11.7 Å². The molecule has 3 rings (SSSR count). The maximum absolute atomic E-state index is 12.8. The topological polar surface area (TPSA) is 9.23 Å². The molecule has 0 saturated carbocycles. The van der Waals surface area contributed by atoms with E-state index in [1.807, 2.05) is 0 Å². The second-order valence-electron chi connectivity index (χ2n) is 5.32. The highest BCUT2D eigenvalue weighted by molar-refractivity contribution is 9.10. The van der Waals surface area contributed by atoms with Gasteiger partial charge in [0.2, 0.25) is 0 Å². The van der Waals surface area contributed by atoms with E-state index in [2.05, 4.69) is 22.0 Å². The monoisotopic (exact) mass is 346 g/mol. The summed E-state index contributed by atoms with van der Waals surface area (Å²) in [5, 5.41) is 0. The van der Waals surface area contributed by atoms with Crippen molar-refractivity contribution in [2.75, 3.05) is 13.2 Å². The van der Waals surface area contributed by atoms with Crippen molar-refractivity contribution in [2.24, 2.45) is 5.92 Å². The number of halogens is 4. The Morgan fingerprint density at radius 2 is 2.00 bits per heavy atom. The van der Waals surface area contributed by atoms with Crippen LogP contribution >= 0.6 is 15.9 Å². The van der Waals surface area contributed by atoms with Gasteiger partial charge in [0.25, 0.3) is 0 Å². The fourth-order valence-corrected chi connectivity index (χ4v) is 3.76. The van der Waals surface area contributed by atoms with Crippen LogP contribution < -0.4 is 0 Å². The van der Waals surface area contributed by atoms with Crippen LogP contribution in [0.3, 0.4) is 0 Å². The van der Waals surface area contributed by atoms with Gasteiger partial charge in [0, 0.05) is 10.4 Å². The fourth-order valence-electron chi connectivity index (χ4n) is 3.14. The number of hydrogen-bond donors (Lipinski definition) is 0. The zero-order valence-corrected chi connectivity index (χ0v) is 12.3. The highest BCUT2D eigenvalue weighted by Gasteiger charge is 2.36. The number of hydrogen-bond acceptors (Lipinski definition) is 1. The zero-order chi connectivity index (χ0) is 14.3. The van der Waals surface area contributed by atoms with Gasteiger partial charge in [-0.3, -0.25) is 0 Å². The van der Waals surface area contributed by atoms with E-state index in [1.54, 1.807) is 12.1 Å². The summed E-state index contributed by atoms with van der Waals surface area (Å²) in [6, 6.07) is 4.40. The number of fused-ring (bicyclic) bond motifs is 1. The molecule has 5 heteroatoms. The normalized spacial score (nSPS) is 26.3. The van der Waals surface area contributed by atoms with Gasteiger partial charge in [-0.25, -0.2) is 0 Å². The third-order valence-corrected chi connectivity index (χ3v) is 4.80. The average molecular weight is 347 g/mol. The summed E-state index contributed by atoms with van der Waals surface area (Å²) in [4.78, 5) is 0. The molecule has 108 valence electrons. The molecule has 1 aromatic carbocycles. The Morgan fingerprint density at radius 1 is 1.20 bits per heavy atom. The third-order valence-electron chi connectivity index (χ3n) is 4.14. The molecule has 1 saturated heterocycles. The van der Waals surface area contributed by atoms with Crippen LogP contribution in [-0.2, 0) is 10.9 Å². The Kier molecular flexibility index (Phi) is 3.67. The lowest BCUT2D eigenvalue weighted by Gasteiger charge is -2.28. The number of alkyl halides is 3. The maximum Gasteiger partial charge on any atom is 0.417 e. The van der Waals surface area contributed by atoms with E-state index in [-0.39, 0.29) is 10.4 Å². The van der Waals surface area contributed by atoms with Crippen LogP contribution in [0.1, 0.15) is 29.9 Å². The summed E-state index contributed by atoms with van der Waals surface area (Å²) in [5.41, 5.74) is 1.65. The molecular formula is C15H14BrF3O. The molecule has 1 heterocycles. The van der Waals surface area contributed by atoms with Crippen molar-refractivity contribution < 1.29 is 17.9 Å². The first-order chi connectivity index (χ1) is 9.47. The van der Waals surface area contributed by atoms with E-state index >= 15 is 0 Å². The minimum atomic E-state index is -4.31. The SMILES string of the molecule is FC(F)(F)c1ccc([C@@H]2CCC=C3COC[C@@H]32)cc1Br. The molecule has 0 aromatic heterocycles. The standard InChI is InChI=1S/C15H14BrF3O/c16-14-6-9(4-5-13(14)15(17,18)19)11-3-1-2-10-7-20-8-12(10)11/h2,4-6,11-12H,1,3,7-8H2/t11-,12-/m0/s1. The van der Waals surface area contributed by atoms with Crippen LogP contribution in [0.2, 0.25) is 0 Å². The highest BCUT2D eigenvalue weighted by atomic mass is 79.9. The summed E-state index contributed by atoms with van der Waals surface area (Å²) >= 11 is 3.06. The Balaban J connectivity index is 1.92. The van der Waals surface area contributed by atoms with Gasteiger partial charge in [0.05, 0.1) is 18.8 Å². The van der Waals surface area contributed by atoms with Crippen LogP contribution in [0.5, 0.6) is 0 Å². The molecule has 1 aliphatic heterocycles. The van der Waals surface area contributed by atoms with Crippen molar-refractivity contribution >= 4 is 15.9 Å². The first-order valence-electron chi connectivity index (χ1n) is 6.60. The predicted octanol–water partition coefficient (Wildman–Crippen LogP) is 4.92. The first-order valence-corrected chi connectivity index (χ1v) is 7.39. The maximum atomic E-state index is 12.8. The quantitative estimate of drug-likeness (QED) is 0.656. The molecule has 1 fully saturated rings. The van der Waals surface area contributed by atoms with E-state index in [1.165, 1.54) is 11.6 Å². The largest absolute Gasteiger partial charge is 0.417 e. The molecule has 2 aliphatic rings. The zero-order valence-electron chi connectivity index (χ0n) is 10.7. The second-order valence-corrected chi connectivity index (χ2v) is 6.18. The fraction of sp³-hybridized carbons (Fsp3) is 0.467. The lowest BCUT2D eigenvalue weighted by atomic mass is 9.76. The van der Waals surface area contributed by atoms with Crippen molar-refractivity contribution in [3.05, 3.63) is 45.4 Å². The molecule has 0 bridgehead atoms.